The number of halogens is 4. The first kappa shape index (κ1) is 10.8. The van der Waals surface area contributed by atoms with Gasteiger partial charge >= 0.3 is 6.18 Å². The highest BCUT2D eigenvalue weighted by Gasteiger charge is 2.36. The van der Waals surface area contributed by atoms with E-state index < -0.39 is 23.2 Å². The predicted octanol–water partition coefficient (Wildman–Crippen LogP) is 1.89. The van der Waals surface area contributed by atoms with Crippen molar-refractivity contribution < 1.29 is 17.6 Å². The topological polar surface area (TPSA) is 52.0 Å². The van der Waals surface area contributed by atoms with Crippen molar-refractivity contribution in [2.45, 2.75) is 12.7 Å². The summed E-state index contributed by atoms with van der Waals surface area (Å²) in [6.45, 7) is -0.334. The first-order chi connectivity index (χ1) is 6.38. The minimum absolute atomic E-state index is 0.212. The van der Waals surface area contributed by atoms with Crippen molar-refractivity contribution in [2.24, 2.45) is 5.73 Å². The summed E-state index contributed by atoms with van der Waals surface area (Å²) in [5.74, 6) is -1.09. The molecule has 14 heavy (non-hydrogen) atoms. The summed E-state index contributed by atoms with van der Waals surface area (Å²) in [4.78, 5) is 0. The van der Waals surface area contributed by atoms with Crippen LogP contribution in [-0.2, 0) is 12.7 Å². The summed E-state index contributed by atoms with van der Waals surface area (Å²) in [5.41, 5.74) is 7.79. The molecule has 78 valence electrons. The quantitative estimate of drug-likeness (QED) is 0.547. The molecule has 0 saturated carbocycles. The minimum atomic E-state index is -4.68. The molecule has 0 fully saturated rings. The number of nitrogens with two attached hydrogens (primary N) is 2. The van der Waals surface area contributed by atoms with Gasteiger partial charge in [-0.3, -0.25) is 0 Å². The molecule has 0 saturated heterocycles. The van der Waals surface area contributed by atoms with Gasteiger partial charge in [-0.25, -0.2) is 4.39 Å². The maximum absolute atomic E-state index is 12.8. The Kier molecular flexibility index (Phi) is 2.66. The second kappa shape index (κ2) is 3.45. The molecule has 0 atom stereocenters. The highest BCUT2D eigenvalue weighted by molar-refractivity contribution is 5.53. The third-order valence-electron chi connectivity index (χ3n) is 1.78. The molecule has 0 spiro atoms. The summed E-state index contributed by atoms with van der Waals surface area (Å²) in [6, 6.07) is 1.85. The first-order valence-corrected chi connectivity index (χ1v) is 3.72. The molecule has 6 heteroatoms. The van der Waals surface area contributed by atoms with Gasteiger partial charge in [-0.2, -0.15) is 13.2 Å². The number of benzene rings is 1. The van der Waals surface area contributed by atoms with Gasteiger partial charge in [-0.15, -0.1) is 0 Å². The van der Waals surface area contributed by atoms with Gasteiger partial charge in [0.15, 0.2) is 0 Å². The average molecular weight is 208 g/mol. The van der Waals surface area contributed by atoms with Gasteiger partial charge in [0.05, 0.1) is 11.3 Å². The molecule has 1 aromatic carbocycles. The van der Waals surface area contributed by atoms with E-state index in [4.69, 9.17) is 11.5 Å². The van der Waals surface area contributed by atoms with Crippen LogP contribution in [0.15, 0.2) is 12.1 Å². The van der Waals surface area contributed by atoms with Gasteiger partial charge in [0.2, 0.25) is 0 Å². The third-order valence-corrected chi connectivity index (χ3v) is 1.78. The van der Waals surface area contributed by atoms with Crippen LogP contribution in [0, 0.1) is 5.82 Å². The van der Waals surface area contributed by atoms with Crippen molar-refractivity contribution in [3.05, 3.63) is 29.1 Å². The fourth-order valence-electron chi connectivity index (χ4n) is 1.14. The maximum Gasteiger partial charge on any atom is 0.418 e. The molecule has 0 radical (unpaired) electrons. The Morgan fingerprint density at radius 1 is 1.21 bits per heavy atom. The molecular formula is C8H8F4N2. The van der Waals surface area contributed by atoms with Gasteiger partial charge in [0.25, 0.3) is 0 Å². The smallest absolute Gasteiger partial charge is 0.396 e. The van der Waals surface area contributed by atoms with Crippen molar-refractivity contribution in [1.29, 1.82) is 0 Å². The lowest BCUT2D eigenvalue weighted by atomic mass is 10.0. The van der Waals surface area contributed by atoms with E-state index in [1.165, 1.54) is 0 Å². The van der Waals surface area contributed by atoms with Crippen molar-refractivity contribution in [3.8, 4) is 0 Å². The van der Waals surface area contributed by atoms with E-state index in [-0.39, 0.29) is 12.1 Å². The van der Waals surface area contributed by atoms with E-state index in [1.807, 2.05) is 0 Å². The summed E-state index contributed by atoms with van der Waals surface area (Å²) in [5, 5.41) is 0. The zero-order chi connectivity index (χ0) is 10.9. The van der Waals surface area contributed by atoms with Crippen LogP contribution >= 0.6 is 0 Å². The molecule has 0 heterocycles. The Hall–Kier alpha value is -1.30. The molecule has 0 aliphatic rings. The Bertz CT molecular complexity index is 346. The summed E-state index contributed by atoms with van der Waals surface area (Å²) >= 11 is 0. The summed E-state index contributed by atoms with van der Waals surface area (Å²) in [6.07, 6.45) is -4.68. The SMILES string of the molecule is NCc1ccc(F)c(N)c1C(F)(F)F. The van der Waals surface area contributed by atoms with E-state index in [2.05, 4.69) is 0 Å². The van der Waals surface area contributed by atoms with Crippen LogP contribution in [0.5, 0.6) is 0 Å². The molecular weight excluding hydrogens is 200 g/mol. The third kappa shape index (κ3) is 1.79. The van der Waals surface area contributed by atoms with Gasteiger partial charge < -0.3 is 11.5 Å². The fourth-order valence-corrected chi connectivity index (χ4v) is 1.14. The highest BCUT2D eigenvalue weighted by atomic mass is 19.4. The molecule has 1 rings (SSSR count). The molecule has 0 amide bonds. The fraction of sp³-hybridized carbons (Fsp3) is 0.250. The Labute approximate surface area is 77.5 Å². The lowest BCUT2D eigenvalue weighted by Crippen LogP contribution is -2.15. The van der Waals surface area contributed by atoms with E-state index in [1.54, 1.807) is 0 Å². The van der Waals surface area contributed by atoms with E-state index in [9.17, 15) is 17.6 Å². The second-order valence-corrected chi connectivity index (χ2v) is 2.70. The van der Waals surface area contributed by atoms with Crippen LogP contribution in [0.2, 0.25) is 0 Å². The normalized spacial score (nSPS) is 11.8. The number of alkyl halides is 3. The van der Waals surface area contributed by atoms with Gasteiger partial charge in [0, 0.05) is 6.54 Å². The minimum Gasteiger partial charge on any atom is -0.396 e. The molecule has 4 N–H and O–H groups in total. The van der Waals surface area contributed by atoms with Crippen LogP contribution in [-0.4, -0.2) is 0 Å². The lowest BCUT2D eigenvalue weighted by molar-refractivity contribution is -0.137. The average Bonchev–Trinajstić information content (AvgIpc) is 2.07. The molecule has 1 aromatic rings. The van der Waals surface area contributed by atoms with Crippen LogP contribution in [0.1, 0.15) is 11.1 Å². The highest BCUT2D eigenvalue weighted by Crippen LogP contribution is 2.37. The van der Waals surface area contributed by atoms with Crippen molar-refractivity contribution in [3.63, 3.8) is 0 Å². The zero-order valence-corrected chi connectivity index (χ0v) is 7.03. The molecule has 0 aromatic heterocycles. The number of hydrogen-bond acceptors (Lipinski definition) is 2. The summed E-state index contributed by atoms with van der Waals surface area (Å²) in [7, 11) is 0. The Morgan fingerprint density at radius 2 is 1.79 bits per heavy atom. The zero-order valence-electron chi connectivity index (χ0n) is 7.03. The van der Waals surface area contributed by atoms with Gasteiger partial charge in [0.1, 0.15) is 5.82 Å². The number of nitrogen functional groups attached to an aromatic ring is 1. The van der Waals surface area contributed by atoms with Crippen LogP contribution < -0.4 is 11.5 Å². The Morgan fingerprint density at radius 3 is 2.21 bits per heavy atom. The largest absolute Gasteiger partial charge is 0.418 e. The molecule has 2 nitrogen and oxygen atoms in total. The van der Waals surface area contributed by atoms with Gasteiger partial charge in [-0.1, -0.05) is 6.07 Å². The predicted molar refractivity (Wildman–Crippen MR) is 43.7 cm³/mol. The number of hydrogen-bond donors (Lipinski definition) is 2. The van der Waals surface area contributed by atoms with Crippen LogP contribution in [0.25, 0.3) is 0 Å². The molecule has 0 aliphatic heterocycles. The van der Waals surface area contributed by atoms with Gasteiger partial charge in [-0.05, 0) is 11.6 Å². The molecule has 0 unspecified atom stereocenters. The molecule has 0 aliphatic carbocycles. The second-order valence-electron chi connectivity index (χ2n) is 2.70. The van der Waals surface area contributed by atoms with Crippen molar-refractivity contribution >= 4 is 5.69 Å². The lowest BCUT2D eigenvalue weighted by Gasteiger charge is -2.14. The van der Waals surface area contributed by atoms with Crippen molar-refractivity contribution in [2.75, 3.05) is 5.73 Å². The van der Waals surface area contributed by atoms with Crippen LogP contribution in [0.4, 0.5) is 23.2 Å². The molecule has 0 bridgehead atoms. The Balaban J connectivity index is 3.44. The van der Waals surface area contributed by atoms with E-state index in [0.717, 1.165) is 12.1 Å². The van der Waals surface area contributed by atoms with E-state index >= 15 is 0 Å². The standard InChI is InChI=1S/C8H8F4N2/c9-5-2-1-4(3-13)6(7(5)14)8(10,11)12/h1-2H,3,13-14H2. The first-order valence-electron chi connectivity index (χ1n) is 3.72. The van der Waals surface area contributed by atoms with Crippen LogP contribution in [0.3, 0.4) is 0 Å². The van der Waals surface area contributed by atoms with Crippen molar-refractivity contribution in [1.82, 2.24) is 0 Å². The monoisotopic (exact) mass is 208 g/mol. The number of rotatable bonds is 1. The summed E-state index contributed by atoms with van der Waals surface area (Å²) < 4.78 is 49.9. The van der Waals surface area contributed by atoms with E-state index in [0.29, 0.717) is 0 Å². The number of anilines is 1. The maximum atomic E-state index is 12.8.